The molecule has 1 aromatic carbocycles. The number of aliphatic imine (C=N–C) groups is 1. The van der Waals surface area contributed by atoms with Crippen LogP contribution in [-0.4, -0.2) is 48.1 Å². The molecule has 19 heavy (non-hydrogen) atoms. The molecule has 0 bridgehead atoms. The number of ether oxygens (including phenoxy) is 1. The number of para-hydroxylation sites is 1. The Balaban J connectivity index is 2.12. The number of hydrogen-bond donors (Lipinski definition) is 0. The van der Waals surface area contributed by atoms with Crippen LogP contribution in [0.5, 0.6) is 0 Å². The van der Waals surface area contributed by atoms with E-state index in [-0.39, 0.29) is 5.75 Å². The van der Waals surface area contributed by atoms with Crippen molar-refractivity contribution in [3.8, 4) is 0 Å². The molecule has 5 nitrogen and oxygen atoms in total. The highest BCUT2D eigenvalue weighted by Crippen LogP contribution is 2.18. The average Bonchev–Trinajstić information content (AvgIpc) is 2.45. The molecular formula is C13H15N2O3S-. The Morgan fingerprint density at radius 1 is 1.32 bits per heavy atom. The number of benzene rings is 1. The van der Waals surface area contributed by atoms with E-state index < -0.39 is 5.97 Å². The van der Waals surface area contributed by atoms with Crippen LogP contribution in [0.25, 0.3) is 0 Å². The number of carboxylic acid groups (broad SMARTS) is 1. The molecule has 0 N–H and O–H groups in total. The lowest BCUT2D eigenvalue weighted by molar-refractivity contribution is -0.301. The van der Waals surface area contributed by atoms with Gasteiger partial charge in [0.15, 0.2) is 5.17 Å². The molecule has 0 radical (unpaired) electrons. The Kier molecular flexibility index (Phi) is 5.23. The normalized spacial score (nSPS) is 16.4. The zero-order valence-electron chi connectivity index (χ0n) is 10.4. The van der Waals surface area contributed by atoms with E-state index in [0.717, 1.165) is 18.8 Å². The van der Waals surface area contributed by atoms with Gasteiger partial charge in [-0.25, -0.2) is 4.99 Å². The highest BCUT2D eigenvalue weighted by atomic mass is 32.2. The summed E-state index contributed by atoms with van der Waals surface area (Å²) in [4.78, 5) is 17.2. The van der Waals surface area contributed by atoms with Gasteiger partial charge in [-0.3, -0.25) is 0 Å². The fourth-order valence-electron chi connectivity index (χ4n) is 1.69. The molecule has 6 heteroatoms. The summed E-state index contributed by atoms with van der Waals surface area (Å²) in [7, 11) is 0. The van der Waals surface area contributed by atoms with Crippen LogP contribution in [0.2, 0.25) is 0 Å². The maximum absolute atomic E-state index is 10.6. The molecule has 0 aliphatic carbocycles. The quantitative estimate of drug-likeness (QED) is 0.595. The van der Waals surface area contributed by atoms with Gasteiger partial charge in [0.1, 0.15) is 0 Å². The van der Waals surface area contributed by atoms with Gasteiger partial charge in [-0.05, 0) is 12.1 Å². The van der Waals surface area contributed by atoms with E-state index in [1.807, 2.05) is 35.2 Å². The molecule has 1 heterocycles. The summed E-state index contributed by atoms with van der Waals surface area (Å²) < 4.78 is 5.29. The summed E-state index contributed by atoms with van der Waals surface area (Å²) >= 11 is 1.19. The number of thioether (sulfide) groups is 1. The van der Waals surface area contributed by atoms with E-state index in [1.165, 1.54) is 11.8 Å². The van der Waals surface area contributed by atoms with Crippen LogP contribution in [-0.2, 0) is 9.53 Å². The zero-order chi connectivity index (χ0) is 13.5. The van der Waals surface area contributed by atoms with Gasteiger partial charge in [-0.1, -0.05) is 30.0 Å². The summed E-state index contributed by atoms with van der Waals surface area (Å²) in [6.07, 6.45) is 0. The lowest BCUT2D eigenvalue weighted by atomic mass is 10.3. The van der Waals surface area contributed by atoms with Crippen molar-refractivity contribution in [1.29, 1.82) is 0 Å². The molecule has 2 rings (SSSR count). The van der Waals surface area contributed by atoms with Gasteiger partial charge in [-0.2, -0.15) is 0 Å². The standard InChI is InChI=1S/C13H16N2O3S/c16-12(17)10-19-13(15-6-8-18-9-7-15)14-11-4-2-1-3-5-11/h1-5H,6-10H2,(H,16,17)/p-1. The first-order valence-corrected chi connectivity index (χ1v) is 7.03. The fourth-order valence-corrected chi connectivity index (χ4v) is 2.47. The minimum absolute atomic E-state index is 0.0942. The molecule has 0 saturated carbocycles. The van der Waals surface area contributed by atoms with Gasteiger partial charge < -0.3 is 19.5 Å². The second-order valence-corrected chi connectivity index (χ2v) is 4.93. The molecular weight excluding hydrogens is 264 g/mol. The Morgan fingerprint density at radius 2 is 2.00 bits per heavy atom. The molecule has 1 aromatic rings. The van der Waals surface area contributed by atoms with Crippen molar-refractivity contribution in [3.05, 3.63) is 30.3 Å². The van der Waals surface area contributed by atoms with Crippen LogP contribution in [0.4, 0.5) is 5.69 Å². The molecule has 0 amide bonds. The minimum Gasteiger partial charge on any atom is -0.549 e. The number of hydrogen-bond acceptors (Lipinski definition) is 5. The Morgan fingerprint density at radius 3 is 2.63 bits per heavy atom. The highest BCUT2D eigenvalue weighted by molar-refractivity contribution is 8.14. The van der Waals surface area contributed by atoms with Gasteiger partial charge in [-0.15, -0.1) is 0 Å². The third-order valence-electron chi connectivity index (χ3n) is 2.58. The molecule has 1 fully saturated rings. The fraction of sp³-hybridized carbons (Fsp3) is 0.385. The van der Waals surface area contributed by atoms with E-state index in [4.69, 9.17) is 4.74 Å². The van der Waals surface area contributed by atoms with Crippen LogP contribution in [0.15, 0.2) is 35.3 Å². The van der Waals surface area contributed by atoms with Gasteiger partial charge in [0.2, 0.25) is 0 Å². The topological polar surface area (TPSA) is 65.0 Å². The van der Waals surface area contributed by atoms with Crippen molar-refractivity contribution >= 4 is 28.6 Å². The van der Waals surface area contributed by atoms with Crippen molar-refractivity contribution in [2.24, 2.45) is 4.99 Å². The molecule has 0 atom stereocenters. The predicted molar refractivity (Wildman–Crippen MR) is 73.4 cm³/mol. The lowest BCUT2D eigenvalue weighted by Gasteiger charge is -2.29. The first-order chi connectivity index (χ1) is 9.25. The third-order valence-corrected chi connectivity index (χ3v) is 3.57. The average molecular weight is 279 g/mol. The van der Waals surface area contributed by atoms with E-state index >= 15 is 0 Å². The number of morpholine rings is 1. The smallest absolute Gasteiger partial charge is 0.164 e. The third kappa shape index (κ3) is 4.57. The maximum Gasteiger partial charge on any atom is 0.164 e. The summed E-state index contributed by atoms with van der Waals surface area (Å²) in [6, 6.07) is 9.50. The number of carbonyl (C=O) groups is 1. The number of nitrogens with zero attached hydrogens (tertiary/aromatic N) is 2. The number of rotatable bonds is 3. The van der Waals surface area contributed by atoms with Gasteiger partial charge in [0.25, 0.3) is 0 Å². The van der Waals surface area contributed by atoms with Crippen molar-refractivity contribution in [3.63, 3.8) is 0 Å². The summed E-state index contributed by atoms with van der Waals surface area (Å²) in [5, 5.41) is 11.3. The number of carbonyl (C=O) groups excluding carboxylic acids is 1. The number of carboxylic acids is 1. The van der Waals surface area contributed by atoms with Crippen LogP contribution in [0.3, 0.4) is 0 Å². The minimum atomic E-state index is -1.08. The van der Waals surface area contributed by atoms with Crippen molar-refractivity contribution in [1.82, 2.24) is 4.90 Å². The molecule has 0 aromatic heterocycles. The summed E-state index contributed by atoms with van der Waals surface area (Å²) in [5.74, 6) is -1.18. The van der Waals surface area contributed by atoms with Gasteiger partial charge in [0.05, 0.1) is 24.9 Å². The van der Waals surface area contributed by atoms with Gasteiger partial charge in [0, 0.05) is 18.8 Å². The van der Waals surface area contributed by atoms with E-state index in [0.29, 0.717) is 18.4 Å². The highest BCUT2D eigenvalue weighted by Gasteiger charge is 2.15. The van der Waals surface area contributed by atoms with Crippen LogP contribution >= 0.6 is 11.8 Å². The largest absolute Gasteiger partial charge is 0.549 e. The predicted octanol–water partition coefficient (Wildman–Crippen LogP) is 0.489. The van der Waals surface area contributed by atoms with Gasteiger partial charge >= 0.3 is 0 Å². The van der Waals surface area contributed by atoms with Crippen molar-refractivity contribution in [2.45, 2.75) is 0 Å². The Hall–Kier alpha value is -1.53. The Labute approximate surface area is 116 Å². The monoisotopic (exact) mass is 279 g/mol. The molecule has 1 aliphatic rings. The number of aliphatic carboxylic acids is 1. The molecule has 0 unspecified atom stereocenters. The maximum atomic E-state index is 10.6. The van der Waals surface area contributed by atoms with Crippen molar-refractivity contribution < 1.29 is 14.6 Å². The second-order valence-electron chi connectivity index (χ2n) is 3.99. The number of amidine groups is 1. The van der Waals surface area contributed by atoms with E-state index in [9.17, 15) is 9.90 Å². The van der Waals surface area contributed by atoms with Crippen LogP contribution in [0.1, 0.15) is 0 Å². The van der Waals surface area contributed by atoms with Crippen molar-refractivity contribution in [2.75, 3.05) is 32.1 Å². The first-order valence-electron chi connectivity index (χ1n) is 6.05. The molecule has 0 spiro atoms. The van der Waals surface area contributed by atoms with Crippen LogP contribution < -0.4 is 5.11 Å². The molecule has 1 aliphatic heterocycles. The van der Waals surface area contributed by atoms with E-state index in [1.54, 1.807) is 0 Å². The first kappa shape index (κ1) is 13.9. The SMILES string of the molecule is O=C([O-])CSC(=Nc1ccccc1)N1CCOCC1. The molecule has 1 saturated heterocycles. The second kappa shape index (κ2) is 7.16. The lowest BCUT2D eigenvalue weighted by Crippen LogP contribution is -2.40. The molecule has 102 valence electrons. The Bertz CT molecular complexity index is 444. The van der Waals surface area contributed by atoms with Crippen LogP contribution in [0, 0.1) is 0 Å². The summed E-state index contributed by atoms with van der Waals surface area (Å²) in [5.41, 5.74) is 0.815. The zero-order valence-corrected chi connectivity index (χ0v) is 11.3. The van der Waals surface area contributed by atoms with E-state index in [2.05, 4.69) is 4.99 Å². The summed E-state index contributed by atoms with van der Waals surface area (Å²) in [6.45, 7) is 2.73.